The summed E-state index contributed by atoms with van der Waals surface area (Å²) in [5.41, 5.74) is 3.17. The maximum atomic E-state index is 12.2. The molecule has 0 saturated heterocycles. The van der Waals surface area contributed by atoms with E-state index < -0.39 is 11.7 Å². The number of hydrogen-bond donors (Lipinski definition) is 0. The van der Waals surface area contributed by atoms with Crippen LogP contribution in [0.2, 0.25) is 0 Å². The highest BCUT2D eigenvalue weighted by Gasteiger charge is 2.34. The molecule has 0 unspecified atom stereocenters. The zero-order valence-corrected chi connectivity index (χ0v) is 6.92. The first-order chi connectivity index (χ1) is 5.41. The van der Waals surface area contributed by atoms with Gasteiger partial charge in [-0.1, -0.05) is 6.08 Å². The smallest absolute Gasteiger partial charge is 0.166 e. The van der Waals surface area contributed by atoms with Gasteiger partial charge in [0.25, 0.3) is 0 Å². The lowest BCUT2D eigenvalue weighted by Crippen LogP contribution is -2.13. The van der Waals surface area contributed by atoms with Crippen LogP contribution in [0.25, 0.3) is 0 Å². The van der Waals surface area contributed by atoms with Crippen molar-refractivity contribution in [3.63, 3.8) is 0 Å². The van der Waals surface area contributed by atoms with Gasteiger partial charge in [0.05, 0.1) is 5.57 Å². The monoisotopic (exact) mass is 174 g/mol. The lowest BCUT2D eigenvalue weighted by molar-refractivity contribution is -0.0895. The van der Waals surface area contributed by atoms with E-state index in [-0.39, 0.29) is 5.57 Å². The maximum Gasteiger partial charge on any atom is 0.416 e. The molecule has 0 N–H and O–H groups in total. The Labute approximate surface area is 69.1 Å². The normalized spacial score (nSPS) is 18.2. The van der Waals surface area contributed by atoms with Crippen LogP contribution in [0.5, 0.6) is 0 Å². The summed E-state index contributed by atoms with van der Waals surface area (Å²) in [6.45, 7) is 3.20. The second-order valence-electron chi connectivity index (χ2n) is 2.85. The molecule has 0 saturated carbocycles. The van der Waals surface area contributed by atoms with E-state index in [1.165, 1.54) is 13.0 Å². The fourth-order valence-electron chi connectivity index (χ4n) is 1.18. The highest BCUT2D eigenvalue weighted by molar-refractivity contribution is 5.37. The lowest BCUT2D eigenvalue weighted by Gasteiger charge is -2.13. The Morgan fingerprint density at radius 2 is 1.92 bits per heavy atom. The van der Waals surface area contributed by atoms with Gasteiger partial charge in [-0.2, -0.15) is 13.2 Å². The van der Waals surface area contributed by atoms with Crippen molar-refractivity contribution < 1.29 is 13.2 Å². The molecule has 1 aliphatic rings. The van der Waals surface area contributed by atoms with Crippen molar-refractivity contribution in [3.8, 4) is 0 Å². The van der Waals surface area contributed by atoms with Crippen molar-refractivity contribution in [2.45, 2.75) is 26.4 Å². The maximum absolute atomic E-state index is 12.2. The van der Waals surface area contributed by atoms with E-state index in [1.54, 1.807) is 6.92 Å². The summed E-state index contributed by atoms with van der Waals surface area (Å²) in [6, 6.07) is 0. The van der Waals surface area contributed by atoms with Gasteiger partial charge < -0.3 is 0 Å². The van der Waals surface area contributed by atoms with Crippen LogP contribution < -0.4 is 0 Å². The molecule has 0 atom stereocenters. The molecule has 0 aromatic carbocycles. The fraction of sp³-hybridized carbons (Fsp3) is 0.444. The van der Waals surface area contributed by atoms with E-state index in [9.17, 15) is 13.2 Å². The molecule has 3 heteroatoms. The van der Waals surface area contributed by atoms with Crippen molar-refractivity contribution in [2.24, 2.45) is 0 Å². The number of allylic oxidation sites excluding steroid dienone is 3. The number of hydrogen-bond acceptors (Lipinski definition) is 0. The molecule has 0 heterocycles. The van der Waals surface area contributed by atoms with Crippen LogP contribution in [0.4, 0.5) is 13.2 Å². The largest absolute Gasteiger partial charge is 0.416 e. The molecule has 0 aromatic heterocycles. The number of halogens is 3. The van der Waals surface area contributed by atoms with Gasteiger partial charge >= 0.3 is 6.18 Å². The third-order valence-electron chi connectivity index (χ3n) is 1.72. The Kier molecular flexibility index (Phi) is 2.16. The van der Waals surface area contributed by atoms with Gasteiger partial charge in [0.2, 0.25) is 0 Å². The molecule has 0 amide bonds. The third-order valence-corrected chi connectivity index (χ3v) is 1.72. The predicted molar refractivity (Wildman–Crippen MR) is 40.6 cm³/mol. The highest BCUT2D eigenvalue weighted by atomic mass is 19.4. The van der Waals surface area contributed by atoms with Crippen molar-refractivity contribution in [2.75, 3.05) is 0 Å². The summed E-state index contributed by atoms with van der Waals surface area (Å²) in [5.74, 6) is 0. The predicted octanol–water partition coefficient (Wildman–Crippen LogP) is 3.37. The molecule has 1 aliphatic carbocycles. The SMILES string of the molecule is CC1=C=C(C)C(C(F)(F)F)=CC1. The Balaban J connectivity index is 3.07. The molecule has 0 radical (unpaired) electrons. The Morgan fingerprint density at radius 3 is 2.33 bits per heavy atom. The zero-order valence-electron chi connectivity index (χ0n) is 6.92. The van der Waals surface area contributed by atoms with Gasteiger partial charge in [0.1, 0.15) is 0 Å². The second kappa shape index (κ2) is 2.83. The van der Waals surface area contributed by atoms with E-state index in [2.05, 4.69) is 5.73 Å². The molecule has 0 aliphatic heterocycles. The summed E-state index contributed by atoms with van der Waals surface area (Å²) in [7, 11) is 0. The molecule has 0 spiro atoms. The standard InChI is InChI=1S/C9H9F3/c1-6-3-4-8(7(2)5-6)9(10,11)12/h4H,3H2,1-2H3. The Morgan fingerprint density at radius 1 is 1.33 bits per heavy atom. The average molecular weight is 174 g/mol. The summed E-state index contributed by atoms with van der Waals surface area (Å²) in [5, 5.41) is 0. The van der Waals surface area contributed by atoms with Crippen LogP contribution >= 0.6 is 0 Å². The summed E-state index contributed by atoms with van der Waals surface area (Å²) in [4.78, 5) is 0. The quantitative estimate of drug-likeness (QED) is 0.494. The molecule has 0 aromatic rings. The van der Waals surface area contributed by atoms with Crippen molar-refractivity contribution in [3.05, 3.63) is 28.5 Å². The minimum Gasteiger partial charge on any atom is -0.166 e. The van der Waals surface area contributed by atoms with E-state index >= 15 is 0 Å². The van der Waals surface area contributed by atoms with E-state index in [4.69, 9.17) is 0 Å². The van der Waals surface area contributed by atoms with Crippen LogP contribution in [-0.4, -0.2) is 6.18 Å². The average Bonchev–Trinajstić information content (AvgIpc) is 1.83. The molecule has 1 rings (SSSR count). The van der Waals surface area contributed by atoms with Crippen LogP contribution in [0.15, 0.2) is 28.5 Å². The minimum atomic E-state index is -4.22. The first-order valence-electron chi connectivity index (χ1n) is 3.62. The van der Waals surface area contributed by atoms with Gasteiger partial charge in [-0.15, -0.1) is 5.73 Å². The van der Waals surface area contributed by atoms with Crippen LogP contribution in [0.1, 0.15) is 20.3 Å². The number of rotatable bonds is 0. The van der Waals surface area contributed by atoms with Gasteiger partial charge in [-0.3, -0.25) is 0 Å². The third kappa shape index (κ3) is 1.80. The van der Waals surface area contributed by atoms with Gasteiger partial charge in [-0.25, -0.2) is 0 Å². The molecule has 12 heavy (non-hydrogen) atoms. The van der Waals surface area contributed by atoms with Crippen molar-refractivity contribution in [1.29, 1.82) is 0 Å². The molecular formula is C9H9F3. The first kappa shape index (κ1) is 9.14. The van der Waals surface area contributed by atoms with E-state index in [0.717, 1.165) is 5.57 Å². The second-order valence-corrected chi connectivity index (χ2v) is 2.85. The summed E-state index contributed by atoms with van der Waals surface area (Å²) in [6.07, 6.45) is -2.66. The topological polar surface area (TPSA) is 0 Å². The molecule has 0 fully saturated rings. The van der Waals surface area contributed by atoms with Crippen LogP contribution in [0.3, 0.4) is 0 Å². The van der Waals surface area contributed by atoms with E-state index in [1.807, 2.05) is 0 Å². The van der Waals surface area contributed by atoms with Crippen LogP contribution in [-0.2, 0) is 0 Å². The van der Waals surface area contributed by atoms with Gasteiger partial charge in [0.15, 0.2) is 0 Å². The fourth-order valence-corrected chi connectivity index (χ4v) is 1.18. The zero-order chi connectivity index (χ0) is 9.35. The highest BCUT2D eigenvalue weighted by Crippen LogP contribution is 2.33. The molecule has 0 nitrogen and oxygen atoms in total. The summed E-state index contributed by atoms with van der Waals surface area (Å²) >= 11 is 0. The van der Waals surface area contributed by atoms with Crippen LogP contribution in [0, 0.1) is 0 Å². The number of alkyl halides is 3. The minimum absolute atomic E-state index is 0.186. The Hall–Kier alpha value is -0.950. The summed E-state index contributed by atoms with van der Waals surface area (Å²) < 4.78 is 36.5. The molecule has 66 valence electrons. The van der Waals surface area contributed by atoms with Crippen molar-refractivity contribution in [1.82, 2.24) is 0 Å². The lowest BCUT2D eigenvalue weighted by atomic mass is 9.99. The van der Waals surface area contributed by atoms with E-state index in [0.29, 0.717) is 6.42 Å². The van der Waals surface area contributed by atoms with Gasteiger partial charge in [0, 0.05) is 5.57 Å². The van der Waals surface area contributed by atoms with Crippen molar-refractivity contribution >= 4 is 0 Å². The van der Waals surface area contributed by atoms with Gasteiger partial charge in [-0.05, 0) is 25.8 Å². The molecule has 0 bridgehead atoms. The first-order valence-corrected chi connectivity index (χ1v) is 3.62. The Bertz CT molecular complexity index is 285. The molecular weight excluding hydrogens is 165 g/mol.